The number of ether oxygens (including phenoxy) is 1. The van der Waals surface area contributed by atoms with Gasteiger partial charge < -0.3 is 10.1 Å². The average molecular weight is 249 g/mol. The molecule has 1 saturated heterocycles. The minimum absolute atomic E-state index is 0.226. The summed E-state index contributed by atoms with van der Waals surface area (Å²) in [4.78, 5) is 11.2. The molecule has 5 heteroatoms. The largest absolute Gasteiger partial charge is 0.458 e. The molecule has 1 heterocycles. The molecule has 1 fully saturated rings. The first-order chi connectivity index (χ1) is 7.41. The van der Waals surface area contributed by atoms with Crippen LogP contribution in [-0.4, -0.2) is 29.1 Å². The number of piperidine rings is 1. The first-order valence-corrected chi connectivity index (χ1v) is 5.80. The van der Waals surface area contributed by atoms with Gasteiger partial charge in [-0.1, -0.05) is 0 Å². The number of esters is 1. The monoisotopic (exact) mass is 249 g/mol. The number of alkyl halides is 2. The fourth-order valence-electron chi connectivity index (χ4n) is 2.57. The Bertz CT molecular complexity index is 292. The third-order valence-corrected chi connectivity index (χ3v) is 2.78. The van der Waals surface area contributed by atoms with Crippen molar-refractivity contribution in [2.75, 3.05) is 0 Å². The van der Waals surface area contributed by atoms with Crippen LogP contribution in [0.15, 0.2) is 0 Å². The lowest BCUT2D eigenvalue weighted by molar-refractivity contribution is -0.178. The Hall–Kier alpha value is -0.710. The summed E-state index contributed by atoms with van der Waals surface area (Å²) in [7, 11) is 0. The summed E-state index contributed by atoms with van der Waals surface area (Å²) in [6, 6.07) is 0. The third-order valence-electron chi connectivity index (χ3n) is 2.78. The fraction of sp³-hybridized carbons (Fsp3) is 0.917. The van der Waals surface area contributed by atoms with E-state index in [2.05, 4.69) is 5.32 Å². The van der Waals surface area contributed by atoms with E-state index in [1.54, 1.807) is 0 Å². The van der Waals surface area contributed by atoms with Gasteiger partial charge >= 0.3 is 11.9 Å². The molecular weight excluding hydrogens is 228 g/mol. The minimum atomic E-state index is -3.42. The lowest BCUT2D eigenvalue weighted by Crippen LogP contribution is -2.60. The van der Waals surface area contributed by atoms with Crippen molar-refractivity contribution in [3.63, 3.8) is 0 Å². The summed E-state index contributed by atoms with van der Waals surface area (Å²) in [5, 5.41) is 3.40. The van der Waals surface area contributed by atoms with Crippen LogP contribution < -0.4 is 5.32 Å². The van der Waals surface area contributed by atoms with Gasteiger partial charge in [0.2, 0.25) is 0 Å². The van der Waals surface area contributed by atoms with Crippen LogP contribution in [0.25, 0.3) is 0 Å². The number of hydrogen-bond donors (Lipinski definition) is 1. The molecule has 100 valence electrons. The van der Waals surface area contributed by atoms with Crippen molar-refractivity contribution in [3.05, 3.63) is 0 Å². The van der Waals surface area contributed by atoms with E-state index in [-0.39, 0.29) is 11.1 Å². The van der Waals surface area contributed by atoms with Gasteiger partial charge in [0.15, 0.2) is 0 Å². The lowest BCUT2D eigenvalue weighted by Gasteiger charge is -2.46. The number of rotatable bonds is 2. The predicted molar refractivity (Wildman–Crippen MR) is 61.0 cm³/mol. The summed E-state index contributed by atoms with van der Waals surface area (Å²) in [5.74, 6) is -4.85. The van der Waals surface area contributed by atoms with Crippen molar-refractivity contribution < 1.29 is 18.3 Å². The summed E-state index contributed by atoms with van der Waals surface area (Å²) in [6.07, 6.45) is 0.621. The van der Waals surface area contributed by atoms with E-state index in [0.717, 1.165) is 0 Å². The Morgan fingerprint density at radius 3 is 2.00 bits per heavy atom. The van der Waals surface area contributed by atoms with Gasteiger partial charge in [0.25, 0.3) is 0 Å². The zero-order valence-electron chi connectivity index (χ0n) is 11.1. The van der Waals surface area contributed by atoms with Crippen molar-refractivity contribution in [3.8, 4) is 0 Å². The standard InChI is InChI=1S/C12H21F2NO2/c1-10(2)6-8(7-11(3,4)15-10)17-9(16)12(5,13)14/h8,15H,6-7H2,1-5H3. The summed E-state index contributed by atoms with van der Waals surface area (Å²) in [5.41, 5.74) is -0.453. The van der Waals surface area contributed by atoms with Crippen LogP contribution in [0.4, 0.5) is 8.78 Å². The van der Waals surface area contributed by atoms with Gasteiger partial charge in [-0.15, -0.1) is 0 Å². The summed E-state index contributed by atoms with van der Waals surface area (Å²) in [6.45, 7) is 8.45. The second-order valence-corrected chi connectivity index (χ2v) is 6.22. The highest BCUT2D eigenvalue weighted by molar-refractivity contribution is 5.77. The summed E-state index contributed by atoms with van der Waals surface area (Å²) < 4.78 is 30.4. The zero-order chi connectivity index (χ0) is 13.5. The van der Waals surface area contributed by atoms with Gasteiger partial charge in [-0.25, -0.2) is 4.79 Å². The average Bonchev–Trinajstić information content (AvgIpc) is 1.94. The molecule has 1 N–H and O–H groups in total. The first kappa shape index (κ1) is 14.4. The first-order valence-electron chi connectivity index (χ1n) is 5.80. The molecule has 0 radical (unpaired) electrons. The van der Waals surface area contributed by atoms with E-state index in [1.807, 2.05) is 27.7 Å². The van der Waals surface area contributed by atoms with Crippen LogP contribution in [-0.2, 0) is 9.53 Å². The molecule has 1 rings (SSSR count). The predicted octanol–water partition coefficient (Wildman–Crippen LogP) is 2.49. The van der Waals surface area contributed by atoms with Crippen molar-refractivity contribution >= 4 is 5.97 Å². The molecule has 0 atom stereocenters. The van der Waals surface area contributed by atoms with Gasteiger partial charge in [-0.2, -0.15) is 8.78 Å². The SMILES string of the molecule is CC1(C)CC(OC(=O)C(C)(F)F)CC(C)(C)N1. The zero-order valence-corrected chi connectivity index (χ0v) is 11.1. The summed E-state index contributed by atoms with van der Waals surface area (Å²) >= 11 is 0. The maximum atomic E-state index is 12.8. The molecule has 0 aromatic carbocycles. The Morgan fingerprint density at radius 1 is 1.24 bits per heavy atom. The Balaban J connectivity index is 2.70. The van der Waals surface area contributed by atoms with Crippen LogP contribution in [0, 0.1) is 0 Å². The van der Waals surface area contributed by atoms with Crippen LogP contribution in [0.5, 0.6) is 0 Å². The van der Waals surface area contributed by atoms with E-state index < -0.39 is 18.0 Å². The van der Waals surface area contributed by atoms with E-state index >= 15 is 0 Å². The Morgan fingerprint density at radius 2 is 1.65 bits per heavy atom. The number of carbonyl (C=O) groups excluding carboxylic acids is 1. The molecule has 0 amide bonds. The molecule has 0 aliphatic carbocycles. The van der Waals surface area contributed by atoms with Gasteiger partial charge in [0, 0.05) is 30.8 Å². The third kappa shape index (κ3) is 4.22. The maximum Gasteiger partial charge on any atom is 0.376 e. The van der Waals surface area contributed by atoms with Crippen LogP contribution in [0.3, 0.4) is 0 Å². The molecule has 17 heavy (non-hydrogen) atoms. The van der Waals surface area contributed by atoms with E-state index in [9.17, 15) is 13.6 Å². The molecule has 0 spiro atoms. The van der Waals surface area contributed by atoms with Crippen molar-refractivity contribution in [2.45, 2.75) is 70.6 Å². The number of halogens is 2. The van der Waals surface area contributed by atoms with Crippen LogP contribution in [0.1, 0.15) is 47.5 Å². The Kier molecular flexibility index (Phi) is 3.54. The van der Waals surface area contributed by atoms with E-state index in [0.29, 0.717) is 19.8 Å². The molecule has 0 unspecified atom stereocenters. The van der Waals surface area contributed by atoms with E-state index in [1.165, 1.54) is 0 Å². The topological polar surface area (TPSA) is 38.3 Å². The number of nitrogens with one attached hydrogen (secondary N) is 1. The molecule has 1 aliphatic rings. The Labute approximate surface area is 101 Å². The van der Waals surface area contributed by atoms with Crippen molar-refractivity contribution in [1.29, 1.82) is 0 Å². The molecule has 0 aromatic heterocycles. The van der Waals surface area contributed by atoms with Crippen molar-refractivity contribution in [2.24, 2.45) is 0 Å². The van der Waals surface area contributed by atoms with Crippen LogP contribution in [0.2, 0.25) is 0 Å². The van der Waals surface area contributed by atoms with Crippen LogP contribution >= 0.6 is 0 Å². The molecule has 0 saturated carbocycles. The number of hydrogen-bond acceptors (Lipinski definition) is 3. The number of carbonyl (C=O) groups is 1. The van der Waals surface area contributed by atoms with Gasteiger partial charge in [-0.05, 0) is 27.7 Å². The second-order valence-electron chi connectivity index (χ2n) is 6.22. The highest BCUT2D eigenvalue weighted by Gasteiger charge is 2.42. The van der Waals surface area contributed by atoms with Crippen molar-refractivity contribution in [1.82, 2.24) is 5.32 Å². The highest BCUT2D eigenvalue weighted by atomic mass is 19.3. The maximum absolute atomic E-state index is 12.8. The normalized spacial score (nSPS) is 24.4. The lowest BCUT2D eigenvalue weighted by atomic mass is 9.81. The molecule has 1 aliphatic heterocycles. The van der Waals surface area contributed by atoms with Gasteiger partial charge in [-0.3, -0.25) is 0 Å². The van der Waals surface area contributed by atoms with Gasteiger partial charge in [0.05, 0.1) is 0 Å². The second kappa shape index (κ2) is 4.19. The fourth-order valence-corrected chi connectivity index (χ4v) is 2.57. The van der Waals surface area contributed by atoms with Gasteiger partial charge in [0.1, 0.15) is 6.10 Å². The molecule has 0 aromatic rings. The molecule has 3 nitrogen and oxygen atoms in total. The molecular formula is C12H21F2NO2. The smallest absolute Gasteiger partial charge is 0.376 e. The molecule has 0 bridgehead atoms. The van der Waals surface area contributed by atoms with E-state index in [4.69, 9.17) is 4.74 Å². The highest BCUT2D eigenvalue weighted by Crippen LogP contribution is 2.31. The quantitative estimate of drug-likeness (QED) is 0.764. The minimum Gasteiger partial charge on any atom is -0.458 e.